The molecule has 206 valence electrons. The first-order chi connectivity index (χ1) is 18.8. The second-order valence-electron chi connectivity index (χ2n) is 10.3. The summed E-state index contributed by atoms with van der Waals surface area (Å²) in [6.45, 7) is 3.59. The lowest BCUT2D eigenvalue weighted by atomic mass is 9.93. The van der Waals surface area contributed by atoms with Crippen molar-refractivity contribution in [3.05, 3.63) is 59.4 Å². The average Bonchev–Trinajstić information content (AvgIpc) is 3.51. The molecule has 39 heavy (non-hydrogen) atoms. The second kappa shape index (κ2) is 11.1. The third-order valence-electron chi connectivity index (χ3n) is 7.81. The molecule has 2 aliphatic rings. The van der Waals surface area contributed by atoms with Gasteiger partial charge in [-0.25, -0.2) is 9.78 Å². The van der Waals surface area contributed by atoms with Crippen LogP contribution >= 0.6 is 0 Å². The van der Waals surface area contributed by atoms with Crippen LogP contribution in [-0.2, 0) is 38.1 Å². The number of nitrogens with zero attached hydrogens (tertiary/aromatic N) is 3. The molecule has 1 aliphatic carbocycles. The standard InChI is InChI=1S/C29H36N6O4/c1-3-39-26(36)18-38-17-22-5-4-14-35(22)28(37)29(12-13-29)20-8-11-24-23(15-20)33-25(34(24)2)16-32-21-9-6-19(7-10-21)27(30)31/h6-11,15,22,32H,3-5,12-14,16-18H2,1-2H3,(H3,30,31). The number of nitrogens with two attached hydrogens (primary N) is 1. The molecule has 5 rings (SSSR count). The normalized spacial score (nSPS) is 17.8. The summed E-state index contributed by atoms with van der Waals surface area (Å²) in [6.07, 6.45) is 3.45. The van der Waals surface area contributed by atoms with Crippen LogP contribution in [0.1, 0.15) is 49.6 Å². The van der Waals surface area contributed by atoms with Gasteiger partial charge in [0.25, 0.3) is 0 Å². The van der Waals surface area contributed by atoms with Gasteiger partial charge in [0.1, 0.15) is 18.3 Å². The number of carbonyl (C=O) groups excluding carboxylic acids is 2. The molecular formula is C29H36N6O4. The molecule has 3 aromatic rings. The Morgan fingerprint density at radius 3 is 2.67 bits per heavy atom. The minimum absolute atomic E-state index is 0.0230. The highest BCUT2D eigenvalue weighted by molar-refractivity contribution is 5.95. The average molecular weight is 533 g/mol. The summed E-state index contributed by atoms with van der Waals surface area (Å²) in [5.74, 6) is 0.696. The third kappa shape index (κ3) is 5.47. The number of likely N-dealkylation sites (tertiary alicyclic amines) is 1. The van der Waals surface area contributed by atoms with Crippen LogP contribution < -0.4 is 11.1 Å². The van der Waals surface area contributed by atoms with Crippen molar-refractivity contribution in [1.82, 2.24) is 14.5 Å². The van der Waals surface area contributed by atoms with E-state index in [1.54, 1.807) is 6.92 Å². The molecule has 1 amide bonds. The van der Waals surface area contributed by atoms with E-state index < -0.39 is 5.41 Å². The van der Waals surface area contributed by atoms with Crippen molar-refractivity contribution in [2.75, 3.05) is 31.7 Å². The Balaban J connectivity index is 1.27. The van der Waals surface area contributed by atoms with Crippen LogP contribution in [0.15, 0.2) is 42.5 Å². The zero-order chi connectivity index (χ0) is 27.6. The molecule has 2 fully saturated rings. The van der Waals surface area contributed by atoms with Crippen molar-refractivity contribution in [2.24, 2.45) is 12.8 Å². The molecule has 1 unspecified atom stereocenters. The summed E-state index contributed by atoms with van der Waals surface area (Å²) in [6, 6.07) is 13.6. The molecule has 0 radical (unpaired) electrons. The number of carbonyl (C=O) groups is 2. The van der Waals surface area contributed by atoms with Crippen molar-refractivity contribution in [1.29, 1.82) is 5.41 Å². The monoisotopic (exact) mass is 532 g/mol. The number of hydrogen-bond donors (Lipinski definition) is 3. The highest BCUT2D eigenvalue weighted by Crippen LogP contribution is 2.51. The number of amidine groups is 1. The van der Waals surface area contributed by atoms with Gasteiger partial charge in [-0.15, -0.1) is 0 Å². The molecule has 10 nitrogen and oxygen atoms in total. The Bertz CT molecular complexity index is 1380. The fourth-order valence-electron chi connectivity index (χ4n) is 5.44. The summed E-state index contributed by atoms with van der Waals surface area (Å²) in [5, 5.41) is 10.9. The number of rotatable bonds is 11. The van der Waals surface area contributed by atoms with Gasteiger partial charge in [0.2, 0.25) is 5.91 Å². The summed E-state index contributed by atoms with van der Waals surface area (Å²) < 4.78 is 12.6. The van der Waals surface area contributed by atoms with Gasteiger partial charge < -0.3 is 30.0 Å². The maximum atomic E-state index is 13.8. The predicted molar refractivity (Wildman–Crippen MR) is 149 cm³/mol. The molecular weight excluding hydrogens is 496 g/mol. The Morgan fingerprint density at radius 1 is 1.21 bits per heavy atom. The van der Waals surface area contributed by atoms with E-state index in [1.807, 2.05) is 36.2 Å². The van der Waals surface area contributed by atoms with E-state index >= 15 is 0 Å². The topological polar surface area (TPSA) is 136 Å². The number of benzene rings is 2. The molecule has 1 saturated heterocycles. The van der Waals surface area contributed by atoms with Crippen molar-refractivity contribution < 1.29 is 19.1 Å². The van der Waals surface area contributed by atoms with E-state index in [2.05, 4.69) is 28.1 Å². The van der Waals surface area contributed by atoms with Crippen molar-refractivity contribution >= 4 is 34.4 Å². The number of nitrogens with one attached hydrogen (secondary N) is 2. The zero-order valence-corrected chi connectivity index (χ0v) is 22.5. The first-order valence-corrected chi connectivity index (χ1v) is 13.5. The highest BCUT2D eigenvalue weighted by atomic mass is 16.6. The number of hydrogen-bond acceptors (Lipinski definition) is 7. The van der Waals surface area contributed by atoms with Gasteiger partial charge in [0.15, 0.2) is 0 Å². The van der Waals surface area contributed by atoms with Gasteiger partial charge >= 0.3 is 5.97 Å². The summed E-state index contributed by atoms with van der Waals surface area (Å²) in [5.41, 5.74) is 9.53. The van der Waals surface area contributed by atoms with Crippen LogP contribution in [0.4, 0.5) is 5.69 Å². The molecule has 0 bridgehead atoms. The fourth-order valence-corrected chi connectivity index (χ4v) is 5.44. The van der Waals surface area contributed by atoms with Crippen LogP contribution in [0.25, 0.3) is 11.0 Å². The fraction of sp³-hybridized carbons (Fsp3) is 0.448. The van der Waals surface area contributed by atoms with Gasteiger partial charge in [0, 0.05) is 24.8 Å². The zero-order valence-electron chi connectivity index (χ0n) is 22.5. The predicted octanol–water partition coefficient (Wildman–Crippen LogP) is 3.07. The minimum atomic E-state index is -0.508. The van der Waals surface area contributed by atoms with Crippen LogP contribution in [0, 0.1) is 5.41 Å². The van der Waals surface area contributed by atoms with Gasteiger partial charge in [-0.05, 0) is 74.6 Å². The molecule has 1 aliphatic heterocycles. The van der Waals surface area contributed by atoms with E-state index in [4.69, 9.17) is 25.6 Å². The van der Waals surface area contributed by atoms with Crippen LogP contribution in [0.3, 0.4) is 0 Å². The number of esters is 1. The number of fused-ring (bicyclic) bond motifs is 1. The number of anilines is 1. The van der Waals surface area contributed by atoms with Crippen molar-refractivity contribution in [3.63, 3.8) is 0 Å². The minimum Gasteiger partial charge on any atom is -0.464 e. The smallest absolute Gasteiger partial charge is 0.332 e. The molecule has 1 aromatic heterocycles. The quantitative estimate of drug-likeness (QED) is 0.196. The lowest BCUT2D eigenvalue weighted by Crippen LogP contribution is -2.44. The Morgan fingerprint density at radius 2 is 1.97 bits per heavy atom. The van der Waals surface area contributed by atoms with Gasteiger partial charge in [-0.1, -0.05) is 6.07 Å². The molecule has 0 spiro atoms. The molecule has 1 saturated carbocycles. The maximum Gasteiger partial charge on any atom is 0.332 e. The van der Waals surface area contributed by atoms with Gasteiger partial charge in [-0.2, -0.15) is 0 Å². The Kier molecular flexibility index (Phi) is 7.56. The van der Waals surface area contributed by atoms with Crippen LogP contribution in [-0.4, -0.2) is 64.6 Å². The van der Waals surface area contributed by atoms with E-state index in [0.29, 0.717) is 31.9 Å². The van der Waals surface area contributed by atoms with Gasteiger partial charge in [0.05, 0.1) is 42.2 Å². The van der Waals surface area contributed by atoms with Crippen LogP contribution in [0.5, 0.6) is 0 Å². The maximum absolute atomic E-state index is 13.8. The number of amides is 1. The second-order valence-corrected chi connectivity index (χ2v) is 10.3. The number of nitrogen functional groups attached to an aromatic ring is 1. The number of aryl methyl sites for hydroxylation is 1. The van der Waals surface area contributed by atoms with E-state index in [1.165, 1.54) is 0 Å². The van der Waals surface area contributed by atoms with E-state index in [0.717, 1.165) is 53.8 Å². The molecule has 1 atom stereocenters. The first-order valence-electron chi connectivity index (χ1n) is 13.5. The summed E-state index contributed by atoms with van der Waals surface area (Å²) in [4.78, 5) is 32.2. The molecule has 2 aromatic carbocycles. The van der Waals surface area contributed by atoms with E-state index in [-0.39, 0.29) is 30.4 Å². The highest BCUT2D eigenvalue weighted by Gasteiger charge is 2.54. The van der Waals surface area contributed by atoms with Crippen molar-refractivity contribution in [2.45, 2.75) is 50.6 Å². The number of imidazole rings is 1. The summed E-state index contributed by atoms with van der Waals surface area (Å²) in [7, 11) is 1.99. The summed E-state index contributed by atoms with van der Waals surface area (Å²) >= 11 is 0. The SMILES string of the molecule is CCOC(=O)COCC1CCCN1C(=O)C1(c2ccc3c(c2)nc(CNc2ccc(C(=N)N)cc2)n3C)CC1. The Hall–Kier alpha value is -3.92. The molecule has 10 heteroatoms. The molecule has 2 heterocycles. The third-order valence-corrected chi connectivity index (χ3v) is 7.81. The number of aromatic nitrogens is 2. The first kappa shape index (κ1) is 26.7. The lowest BCUT2D eigenvalue weighted by molar-refractivity contribution is -0.149. The number of ether oxygens (including phenoxy) is 2. The lowest BCUT2D eigenvalue weighted by Gasteiger charge is -2.29. The van der Waals surface area contributed by atoms with E-state index in [9.17, 15) is 9.59 Å². The Labute approximate surface area is 228 Å². The van der Waals surface area contributed by atoms with Gasteiger partial charge in [-0.3, -0.25) is 10.2 Å². The molecule has 4 N–H and O–H groups in total. The largest absolute Gasteiger partial charge is 0.464 e. The van der Waals surface area contributed by atoms with Crippen LogP contribution in [0.2, 0.25) is 0 Å². The van der Waals surface area contributed by atoms with Crippen molar-refractivity contribution in [3.8, 4) is 0 Å².